The van der Waals surface area contributed by atoms with Crippen LogP contribution in [0.5, 0.6) is 5.75 Å². The van der Waals surface area contributed by atoms with Gasteiger partial charge in [-0.05, 0) is 40.5 Å². The molecule has 1 aromatic rings. The lowest BCUT2D eigenvalue weighted by molar-refractivity contribution is -0.149. The van der Waals surface area contributed by atoms with Crippen LogP contribution in [0.15, 0.2) is 22.7 Å². The van der Waals surface area contributed by atoms with Gasteiger partial charge in [0, 0.05) is 0 Å². The average molecular weight is 357 g/mol. The van der Waals surface area contributed by atoms with E-state index in [-0.39, 0.29) is 19.0 Å². The number of methoxy groups -OCH3 is 1. The highest BCUT2D eigenvalue weighted by molar-refractivity contribution is 9.10. The van der Waals surface area contributed by atoms with Gasteiger partial charge in [0.15, 0.2) is 0 Å². The van der Waals surface area contributed by atoms with Gasteiger partial charge in [0.05, 0.1) is 24.2 Å². The third kappa shape index (κ3) is 4.63. The fourth-order valence-electron chi connectivity index (χ4n) is 1.43. The minimum Gasteiger partial charge on any atom is -0.496 e. The first-order valence-corrected chi connectivity index (χ1v) is 6.20. The third-order valence-corrected chi connectivity index (χ3v) is 3.01. The maximum absolute atomic E-state index is 13.7. The number of alkyl halides is 1. The van der Waals surface area contributed by atoms with Crippen molar-refractivity contribution in [2.45, 2.75) is 19.1 Å². The quantitative estimate of drug-likeness (QED) is 0.824. The largest absolute Gasteiger partial charge is 0.496 e. The molecule has 0 saturated heterocycles. The smallest absolute Gasteiger partial charge is 0.342 e. The van der Waals surface area contributed by atoms with Crippen LogP contribution >= 0.6 is 28.3 Å². The Bertz CT molecular complexity index is 433. The van der Waals surface area contributed by atoms with E-state index < -0.39 is 18.2 Å². The van der Waals surface area contributed by atoms with Gasteiger partial charge < -0.3 is 15.2 Å². The number of benzene rings is 1. The highest BCUT2D eigenvalue weighted by atomic mass is 79.9. The Labute approximate surface area is 126 Å². The van der Waals surface area contributed by atoms with Gasteiger partial charge in [-0.3, -0.25) is 0 Å². The summed E-state index contributed by atoms with van der Waals surface area (Å²) in [5.74, 6) is -0.338. The molecule has 1 unspecified atom stereocenters. The second-order valence-electron chi connectivity index (χ2n) is 3.57. The van der Waals surface area contributed by atoms with E-state index in [4.69, 9.17) is 10.5 Å². The topological polar surface area (TPSA) is 61.5 Å². The molecule has 4 nitrogen and oxygen atoms in total. The molecule has 0 radical (unpaired) electrons. The van der Waals surface area contributed by atoms with Crippen molar-refractivity contribution in [3.8, 4) is 5.75 Å². The van der Waals surface area contributed by atoms with E-state index in [2.05, 4.69) is 20.7 Å². The number of ether oxygens (including phenoxy) is 2. The maximum atomic E-state index is 13.7. The molecule has 2 atom stereocenters. The molecule has 0 bridgehead atoms. The second-order valence-corrected chi connectivity index (χ2v) is 4.43. The Hall–Kier alpha value is -0.850. The number of carbonyl (C=O) groups is 1. The first-order chi connectivity index (χ1) is 8.51. The summed E-state index contributed by atoms with van der Waals surface area (Å²) >= 11 is 3.27. The van der Waals surface area contributed by atoms with E-state index in [1.54, 1.807) is 25.1 Å². The van der Waals surface area contributed by atoms with Crippen molar-refractivity contribution in [1.29, 1.82) is 0 Å². The van der Waals surface area contributed by atoms with Gasteiger partial charge in [-0.25, -0.2) is 9.18 Å². The van der Waals surface area contributed by atoms with E-state index in [9.17, 15) is 9.18 Å². The molecule has 0 saturated carbocycles. The van der Waals surface area contributed by atoms with Crippen molar-refractivity contribution in [2.75, 3.05) is 13.7 Å². The Kier molecular flexibility index (Phi) is 7.97. The van der Waals surface area contributed by atoms with Crippen LogP contribution in [0.4, 0.5) is 4.39 Å². The summed E-state index contributed by atoms with van der Waals surface area (Å²) in [4.78, 5) is 11.3. The lowest BCUT2D eigenvalue weighted by Crippen LogP contribution is -2.31. The van der Waals surface area contributed by atoms with Crippen LogP contribution in [0.25, 0.3) is 0 Å². The number of hydrogen-bond donors (Lipinski definition) is 1. The van der Waals surface area contributed by atoms with Crippen LogP contribution in [-0.4, -0.2) is 25.9 Å². The van der Waals surface area contributed by atoms with E-state index >= 15 is 0 Å². The van der Waals surface area contributed by atoms with E-state index in [1.807, 2.05) is 0 Å². The van der Waals surface area contributed by atoms with E-state index in [0.29, 0.717) is 15.8 Å². The van der Waals surface area contributed by atoms with Crippen molar-refractivity contribution < 1.29 is 18.7 Å². The Morgan fingerprint density at radius 3 is 2.63 bits per heavy atom. The van der Waals surface area contributed by atoms with Gasteiger partial charge in [-0.15, -0.1) is 12.4 Å². The molecule has 0 amide bonds. The zero-order valence-electron chi connectivity index (χ0n) is 10.6. The number of esters is 1. The maximum Gasteiger partial charge on any atom is 0.342 e. The third-order valence-electron chi connectivity index (χ3n) is 2.39. The number of hydrogen-bond acceptors (Lipinski definition) is 4. The highest BCUT2D eigenvalue weighted by Crippen LogP contribution is 2.29. The molecule has 1 rings (SSSR count). The van der Waals surface area contributed by atoms with Crippen molar-refractivity contribution >= 4 is 34.3 Å². The summed E-state index contributed by atoms with van der Waals surface area (Å²) in [6, 6.07) is 3.82. The van der Waals surface area contributed by atoms with Gasteiger partial charge in [-0.1, -0.05) is 6.07 Å². The molecule has 0 heterocycles. The van der Waals surface area contributed by atoms with Gasteiger partial charge in [0.2, 0.25) is 6.17 Å². The first-order valence-electron chi connectivity index (χ1n) is 5.41. The number of halogens is 3. The van der Waals surface area contributed by atoms with Gasteiger partial charge in [0.25, 0.3) is 0 Å². The lowest BCUT2D eigenvalue weighted by Gasteiger charge is -2.16. The predicted molar refractivity (Wildman–Crippen MR) is 76.4 cm³/mol. The Morgan fingerprint density at radius 1 is 1.53 bits per heavy atom. The number of carbonyl (C=O) groups excluding carboxylic acids is 1. The highest BCUT2D eigenvalue weighted by Gasteiger charge is 2.28. The summed E-state index contributed by atoms with van der Waals surface area (Å²) in [5, 5.41) is 0. The zero-order valence-corrected chi connectivity index (χ0v) is 13.0. The molecule has 0 aliphatic heterocycles. The molecule has 0 spiro atoms. The van der Waals surface area contributed by atoms with Crippen LogP contribution in [-0.2, 0) is 9.53 Å². The summed E-state index contributed by atoms with van der Waals surface area (Å²) in [6.45, 7) is 1.73. The summed E-state index contributed by atoms with van der Waals surface area (Å²) < 4.78 is 24.0. The van der Waals surface area contributed by atoms with Crippen LogP contribution in [0.1, 0.15) is 18.5 Å². The van der Waals surface area contributed by atoms with Crippen LogP contribution in [0, 0.1) is 0 Å². The first kappa shape index (κ1) is 18.1. The second kappa shape index (κ2) is 8.35. The fraction of sp³-hybridized carbons (Fsp3) is 0.417. The van der Waals surface area contributed by atoms with Gasteiger partial charge in [-0.2, -0.15) is 0 Å². The molecule has 108 valence electrons. The average Bonchev–Trinajstić information content (AvgIpc) is 2.37. The molecular formula is C12H16BrClFNO3. The van der Waals surface area contributed by atoms with Crippen molar-refractivity contribution in [3.05, 3.63) is 28.2 Å². The Morgan fingerprint density at radius 2 is 2.16 bits per heavy atom. The monoisotopic (exact) mass is 355 g/mol. The molecule has 0 aromatic heterocycles. The SMILES string of the molecule is CCOC(=O)C(F)[C@H](N)c1ccc(OC)c(Br)c1.Cl. The molecule has 19 heavy (non-hydrogen) atoms. The molecule has 0 aliphatic carbocycles. The van der Waals surface area contributed by atoms with E-state index in [1.165, 1.54) is 7.11 Å². The van der Waals surface area contributed by atoms with Crippen LogP contribution in [0.2, 0.25) is 0 Å². The lowest BCUT2D eigenvalue weighted by atomic mass is 10.0. The summed E-state index contributed by atoms with van der Waals surface area (Å²) in [5.41, 5.74) is 6.18. The predicted octanol–water partition coefficient (Wildman–Crippen LogP) is 2.78. The molecule has 0 fully saturated rings. The molecular weight excluding hydrogens is 340 g/mol. The molecule has 0 aliphatic rings. The van der Waals surface area contributed by atoms with Crippen molar-refractivity contribution in [2.24, 2.45) is 5.73 Å². The molecule has 1 aromatic carbocycles. The number of rotatable bonds is 5. The van der Waals surface area contributed by atoms with E-state index in [0.717, 1.165) is 0 Å². The fourth-order valence-corrected chi connectivity index (χ4v) is 1.99. The molecule has 7 heteroatoms. The molecule has 2 N–H and O–H groups in total. The zero-order chi connectivity index (χ0) is 13.7. The van der Waals surface area contributed by atoms with Crippen molar-refractivity contribution in [1.82, 2.24) is 0 Å². The van der Waals surface area contributed by atoms with Crippen LogP contribution in [0.3, 0.4) is 0 Å². The van der Waals surface area contributed by atoms with Crippen molar-refractivity contribution in [3.63, 3.8) is 0 Å². The van der Waals surface area contributed by atoms with Gasteiger partial charge in [0.1, 0.15) is 5.75 Å². The minimum absolute atomic E-state index is 0. The summed E-state index contributed by atoms with van der Waals surface area (Å²) in [6.07, 6.45) is -1.88. The number of nitrogens with two attached hydrogens (primary N) is 1. The van der Waals surface area contributed by atoms with Gasteiger partial charge >= 0.3 is 5.97 Å². The summed E-state index contributed by atoms with van der Waals surface area (Å²) in [7, 11) is 1.52. The minimum atomic E-state index is -1.88. The Balaban J connectivity index is 0.00000324. The normalized spacial score (nSPS) is 13.1. The standard InChI is InChI=1S/C12H15BrFNO3.ClH/c1-3-18-12(16)10(14)11(15)7-4-5-9(17-2)8(13)6-7;/h4-6,10-11H,3,15H2,1-2H3;1H/t10?,11-;/m1./s1. The van der Waals surface area contributed by atoms with Crippen LogP contribution < -0.4 is 10.5 Å².